The molecule has 92 valence electrons. The Labute approximate surface area is 95.9 Å². The third-order valence-corrected chi connectivity index (χ3v) is 2.92. The van der Waals surface area contributed by atoms with Crippen LogP contribution in [0.5, 0.6) is 0 Å². The molecule has 15 heavy (non-hydrogen) atoms. The second-order valence-corrected chi connectivity index (χ2v) is 4.10. The average molecular weight is 215 g/mol. The molecule has 2 nitrogen and oxygen atoms in total. The highest BCUT2D eigenvalue weighted by atomic mass is 16.7. The Bertz CT molecular complexity index is 124. The quantitative estimate of drug-likeness (QED) is 0.403. The molecule has 0 aliphatic heterocycles. The minimum absolute atomic E-state index is 0.598. The maximum absolute atomic E-state index is 5.82. The first-order chi connectivity index (χ1) is 7.29. The van der Waals surface area contributed by atoms with E-state index in [-0.39, 0.29) is 0 Å². The van der Waals surface area contributed by atoms with Gasteiger partial charge in [0.05, 0.1) is 6.61 Å². The maximum Gasteiger partial charge on any atom is 0.0685 e. The van der Waals surface area contributed by atoms with Crippen molar-refractivity contribution in [3.63, 3.8) is 0 Å². The van der Waals surface area contributed by atoms with Gasteiger partial charge in [0.25, 0.3) is 0 Å². The van der Waals surface area contributed by atoms with E-state index in [0.29, 0.717) is 6.04 Å². The Hall–Kier alpha value is -0.0800. The van der Waals surface area contributed by atoms with E-state index in [9.17, 15) is 0 Å². The normalized spacial score (nSPS) is 11.6. The maximum atomic E-state index is 5.82. The third-order valence-electron chi connectivity index (χ3n) is 2.92. The molecular weight excluding hydrogens is 186 g/mol. The van der Waals surface area contributed by atoms with E-state index >= 15 is 0 Å². The molecule has 0 heterocycles. The number of hydroxylamine groups is 2. The summed E-state index contributed by atoms with van der Waals surface area (Å²) in [4.78, 5) is 5.82. The molecule has 0 saturated heterocycles. The summed E-state index contributed by atoms with van der Waals surface area (Å²) in [5.74, 6) is 0. The predicted octanol–water partition coefficient (Wildman–Crippen LogP) is 4.01. The minimum atomic E-state index is 0.598. The summed E-state index contributed by atoms with van der Waals surface area (Å²) in [6, 6.07) is 0.598. The van der Waals surface area contributed by atoms with E-state index < -0.39 is 0 Å². The van der Waals surface area contributed by atoms with Crippen LogP contribution >= 0.6 is 0 Å². The molecule has 0 N–H and O–H groups in total. The minimum Gasteiger partial charge on any atom is -0.299 e. The van der Waals surface area contributed by atoms with Gasteiger partial charge in [0.15, 0.2) is 0 Å². The first-order valence-corrected chi connectivity index (χ1v) is 6.69. The average Bonchev–Trinajstić information content (AvgIpc) is 2.27. The smallest absolute Gasteiger partial charge is 0.0685 e. The van der Waals surface area contributed by atoms with E-state index in [1.54, 1.807) is 0 Å². The lowest BCUT2D eigenvalue weighted by Gasteiger charge is -2.28. The van der Waals surface area contributed by atoms with Crippen molar-refractivity contribution in [3.05, 3.63) is 0 Å². The van der Waals surface area contributed by atoms with Crippen molar-refractivity contribution in [1.29, 1.82) is 0 Å². The summed E-state index contributed by atoms with van der Waals surface area (Å²) in [6.45, 7) is 10.8. The number of hydrogen-bond donors (Lipinski definition) is 0. The van der Waals surface area contributed by atoms with Gasteiger partial charge in [-0.2, -0.15) is 5.06 Å². The standard InChI is InChI=1S/C13H29NO/c1-5-9-10-11-12-15-14(8-4)13(6-2)7-3/h13H,5-12H2,1-4H3. The van der Waals surface area contributed by atoms with Gasteiger partial charge in [-0.3, -0.25) is 4.84 Å². The van der Waals surface area contributed by atoms with Gasteiger partial charge in [-0.1, -0.05) is 47.0 Å². The van der Waals surface area contributed by atoms with Gasteiger partial charge in [-0.15, -0.1) is 0 Å². The molecule has 0 aromatic heterocycles. The highest BCUT2D eigenvalue weighted by Gasteiger charge is 2.13. The van der Waals surface area contributed by atoms with Gasteiger partial charge in [0, 0.05) is 12.6 Å². The topological polar surface area (TPSA) is 12.5 Å². The Balaban J connectivity index is 3.60. The van der Waals surface area contributed by atoms with E-state index in [1.165, 1.54) is 38.5 Å². The highest BCUT2D eigenvalue weighted by molar-refractivity contribution is 4.60. The van der Waals surface area contributed by atoms with Crippen LogP contribution in [-0.2, 0) is 4.84 Å². The molecule has 0 saturated carbocycles. The number of unbranched alkanes of at least 4 members (excludes halogenated alkanes) is 3. The van der Waals surface area contributed by atoms with Gasteiger partial charge in [-0.25, -0.2) is 0 Å². The van der Waals surface area contributed by atoms with E-state index in [2.05, 4.69) is 32.8 Å². The van der Waals surface area contributed by atoms with Crippen LogP contribution in [0.2, 0.25) is 0 Å². The number of rotatable bonds is 10. The van der Waals surface area contributed by atoms with Crippen LogP contribution in [0, 0.1) is 0 Å². The molecule has 2 heteroatoms. The molecule has 0 aromatic rings. The van der Waals surface area contributed by atoms with Crippen molar-refractivity contribution in [1.82, 2.24) is 5.06 Å². The first kappa shape index (κ1) is 14.9. The summed E-state index contributed by atoms with van der Waals surface area (Å²) in [6.07, 6.45) is 7.49. The third kappa shape index (κ3) is 6.91. The van der Waals surface area contributed by atoms with Crippen LogP contribution in [0.25, 0.3) is 0 Å². The number of hydrogen-bond acceptors (Lipinski definition) is 2. The summed E-state index contributed by atoms with van der Waals surface area (Å²) in [5, 5.41) is 2.16. The SMILES string of the molecule is CCCCCCON(CC)C(CC)CC. The van der Waals surface area contributed by atoms with Crippen molar-refractivity contribution in [3.8, 4) is 0 Å². The molecule has 0 aliphatic rings. The molecule has 0 unspecified atom stereocenters. The molecule has 0 rings (SSSR count). The molecule has 0 aliphatic carbocycles. The Morgan fingerprint density at radius 2 is 1.60 bits per heavy atom. The van der Waals surface area contributed by atoms with Gasteiger partial charge in [0.2, 0.25) is 0 Å². The summed E-state index contributed by atoms with van der Waals surface area (Å²) in [5.41, 5.74) is 0. The van der Waals surface area contributed by atoms with Crippen LogP contribution in [-0.4, -0.2) is 24.3 Å². The fourth-order valence-corrected chi connectivity index (χ4v) is 1.86. The Morgan fingerprint density at radius 1 is 0.933 bits per heavy atom. The largest absolute Gasteiger partial charge is 0.299 e. The van der Waals surface area contributed by atoms with Gasteiger partial charge in [-0.05, 0) is 19.3 Å². The molecular formula is C13H29NO. The Kier molecular flexibility index (Phi) is 10.4. The van der Waals surface area contributed by atoms with Crippen LogP contribution in [0.1, 0.15) is 66.2 Å². The monoisotopic (exact) mass is 215 g/mol. The number of nitrogens with zero attached hydrogens (tertiary/aromatic N) is 1. The van der Waals surface area contributed by atoms with Crippen molar-refractivity contribution >= 4 is 0 Å². The second kappa shape index (κ2) is 10.4. The van der Waals surface area contributed by atoms with Gasteiger partial charge in [0.1, 0.15) is 0 Å². The molecule has 0 atom stereocenters. The summed E-state index contributed by atoms with van der Waals surface area (Å²) >= 11 is 0. The second-order valence-electron chi connectivity index (χ2n) is 4.10. The van der Waals surface area contributed by atoms with Crippen LogP contribution in [0.15, 0.2) is 0 Å². The molecule has 0 fully saturated rings. The van der Waals surface area contributed by atoms with Crippen molar-refractivity contribution < 1.29 is 4.84 Å². The highest BCUT2D eigenvalue weighted by Crippen LogP contribution is 2.09. The van der Waals surface area contributed by atoms with E-state index in [1.807, 2.05) is 0 Å². The fourth-order valence-electron chi connectivity index (χ4n) is 1.86. The molecule has 0 aromatic carbocycles. The summed E-state index contributed by atoms with van der Waals surface area (Å²) in [7, 11) is 0. The first-order valence-electron chi connectivity index (χ1n) is 6.69. The zero-order chi connectivity index (χ0) is 11.5. The molecule has 0 spiro atoms. The lowest BCUT2D eigenvalue weighted by molar-refractivity contribution is -0.185. The lowest BCUT2D eigenvalue weighted by Crippen LogP contribution is -2.34. The van der Waals surface area contributed by atoms with Crippen LogP contribution in [0.4, 0.5) is 0 Å². The van der Waals surface area contributed by atoms with E-state index in [0.717, 1.165) is 13.2 Å². The fraction of sp³-hybridized carbons (Fsp3) is 1.00. The van der Waals surface area contributed by atoms with Gasteiger partial charge < -0.3 is 0 Å². The van der Waals surface area contributed by atoms with Crippen LogP contribution in [0.3, 0.4) is 0 Å². The summed E-state index contributed by atoms with van der Waals surface area (Å²) < 4.78 is 0. The molecule has 0 amide bonds. The molecule has 0 bridgehead atoms. The van der Waals surface area contributed by atoms with Crippen molar-refractivity contribution in [2.24, 2.45) is 0 Å². The zero-order valence-electron chi connectivity index (χ0n) is 11.1. The van der Waals surface area contributed by atoms with E-state index in [4.69, 9.17) is 4.84 Å². The molecule has 0 radical (unpaired) electrons. The van der Waals surface area contributed by atoms with Crippen LogP contribution < -0.4 is 0 Å². The van der Waals surface area contributed by atoms with Gasteiger partial charge >= 0.3 is 0 Å². The zero-order valence-corrected chi connectivity index (χ0v) is 11.1. The van der Waals surface area contributed by atoms with Crippen molar-refractivity contribution in [2.75, 3.05) is 13.2 Å². The lowest BCUT2D eigenvalue weighted by atomic mass is 10.2. The Morgan fingerprint density at radius 3 is 2.07 bits per heavy atom. The van der Waals surface area contributed by atoms with Crippen molar-refractivity contribution in [2.45, 2.75) is 72.3 Å². The predicted molar refractivity (Wildman–Crippen MR) is 66.8 cm³/mol.